The summed E-state index contributed by atoms with van der Waals surface area (Å²) in [5.74, 6) is 1.32. The van der Waals surface area contributed by atoms with Gasteiger partial charge in [0, 0.05) is 16.5 Å². The number of benzene rings is 2. The molecule has 26 heavy (non-hydrogen) atoms. The molecule has 4 rings (SSSR count). The van der Waals surface area contributed by atoms with Crippen LogP contribution >= 0.6 is 11.3 Å². The maximum absolute atomic E-state index is 12.4. The lowest BCUT2D eigenvalue weighted by molar-refractivity contribution is 0.102. The van der Waals surface area contributed by atoms with Crippen molar-refractivity contribution in [1.82, 2.24) is 4.98 Å². The van der Waals surface area contributed by atoms with Crippen LogP contribution in [-0.2, 0) is 0 Å². The molecule has 1 aliphatic rings. The molecule has 0 bridgehead atoms. The van der Waals surface area contributed by atoms with E-state index in [0.717, 1.165) is 33.9 Å². The number of hydrogen-bond donors (Lipinski definition) is 1. The average molecular weight is 366 g/mol. The Labute approximate surface area is 155 Å². The lowest BCUT2D eigenvalue weighted by Gasteiger charge is -2.18. The maximum Gasteiger partial charge on any atom is 0.257 e. The molecule has 6 heteroatoms. The van der Waals surface area contributed by atoms with E-state index in [9.17, 15) is 4.79 Å². The van der Waals surface area contributed by atoms with Gasteiger partial charge in [-0.15, -0.1) is 11.3 Å². The first-order chi connectivity index (χ1) is 12.6. The van der Waals surface area contributed by atoms with Gasteiger partial charge in [0.05, 0.1) is 5.69 Å². The van der Waals surface area contributed by atoms with Crippen molar-refractivity contribution in [3.8, 4) is 22.8 Å². The molecule has 132 valence electrons. The van der Waals surface area contributed by atoms with Crippen molar-refractivity contribution >= 4 is 22.4 Å². The summed E-state index contributed by atoms with van der Waals surface area (Å²) in [4.78, 5) is 17.0. The molecule has 0 radical (unpaired) electrons. The normalized spacial score (nSPS) is 12.7. The number of aromatic nitrogens is 1. The van der Waals surface area contributed by atoms with Crippen molar-refractivity contribution in [3.63, 3.8) is 0 Å². The molecule has 0 spiro atoms. The number of fused-ring (bicyclic) bond motifs is 1. The number of aryl methyl sites for hydroxylation is 2. The van der Waals surface area contributed by atoms with E-state index in [-0.39, 0.29) is 5.91 Å². The second kappa shape index (κ2) is 6.80. The molecule has 0 saturated carbocycles. The third kappa shape index (κ3) is 3.28. The van der Waals surface area contributed by atoms with Crippen LogP contribution in [0.4, 0.5) is 5.13 Å². The zero-order chi connectivity index (χ0) is 18.1. The second-order valence-corrected chi connectivity index (χ2v) is 7.01. The van der Waals surface area contributed by atoms with Gasteiger partial charge >= 0.3 is 0 Å². The molecule has 2 heterocycles. The molecular formula is C20H18N2O3S. The third-order valence-corrected chi connectivity index (χ3v) is 5.09. The van der Waals surface area contributed by atoms with E-state index in [2.05, 4.69) is 10.3 Å². The highest BCUT2D eigenvalue weighted by molar-refractivity contribution is 7.14. The fourth-order valence-electron chi connectivity index (χ4n) is 2.72. The van der Waals surface area contributed by atoms with Crippen LogP contribution in [0.2, 0.25) is 0 Å². The predicted octanol–water partition coefficient (Wildman–Crippen LogP) is 4.45. The Hall–Kier alpha value is -2.86. The molecule has 1 amide bonds. The number of hydrogen-bond acceptors (Lipinski definition) is 5. The number of thiazole rings is 1. The first kappa shape index (κ1) is 16.6. The van der Waals surface area contributed by atoms with Crippen LogP contribution in [0.15, 0.2) is 41.8 Å². The van der Waals surface area contributed by atoms with Crippen molar-refractivity contribution in [1.29, 1.82) is 0 Å². The van der Waals surface area contributed by atoms with E-state index in [0.29, 0.717) is 23.9 Å². The SMILES string of the molecule is Cc1ccc(C(=O)Nc2nc(-c3ccc4c(c3)OCCO4)cs2)cc1C. The van der Waals surface area contributed by atoms with Crippen LogP contribution in [-0.4, -0.2) is 24.1 Å². The van der Waals surface area contributed by atoms with Gasteiger partial charge in [-0.3, -0.25) is 10.1 Å². The average Bonchev–Trinajstić information content (AvgIpc) is 3.12. The molecule has 0 unspecified atom stereocenters. The van der Waals surface area contributed by atoms with Gasteiger partial charge in [0.2, 0.25) is 0 Å². The summed E-state index contributed by atoms with van der Waals surface area (Å²) in [6.07, 6.45) is 0. The van der Waals surface area contributed by atoms with Gasteiger partial charge in [0.1, 0.15) is 13.2 Å². The van der Waals surface area contributed by atoms with Crippen molar-refractivity contribution < 1.29 is 14.3 Å². The minimum absolute atomic E-state index is 0.156. The Morgan fingerprint density at radius 3 is 2.65 bits per heavy atom. The lowest BCUT2D eigenvalue weighted by atomic mass is 10.1. The fourth-order valence-corrected chi connectivity index (χ4v) is 3.43. The highest BCUT2D eigenvalue weighted by Gasteiger charge is 2.15. The highest BCUT2D eigenvalue weighted by Crippen LogP contribution is 2.35. The highest BCUT2D eigenvalue weighted by atomic mass is 32.1. The molecule has 5 nitrogen and oxygen atoms in total. The number of nitrogens with zero attached hydrogens (tertiary/aromatic N) is 1. The zero-order valence-corrected chi connectivity index (χ0v) is 15.4. The van der Waals surface area contributed by atoms with Gasteiger partial charge in [-0.1, -0.05) is 6.07 Å². The number of nitrogens with one attached hydrogen (secondary N) is 1. The number of anilines is 1. The molecule has 1 N–H and O–H groups in total. The number of amides is 1. The topological polar surface area (TPSA) is 60.5 Å². The first-order valence-electron chi connectivity index (χ1n) is 8.34. The molecule has 1 aliphatic heterocycles. The summed E-state index contributed by atoms with van der Waals surface area (Å²) < 4.78 is 11.2. The van der Waals surface area contributed by atoms with Crippen LogP contribution in [0.1, 0.15) is 21.5 Å². The van der Waals surface area contributed by atoms with Gasteiger partial charge in [0.15, 0.2) is 16.6 Å². The molecule has 1 aromatic heterocycles. The Kier molecular flexibility index (Phi) is 4.34. The van der Waals surface area contributed by atoms with Crippen molar-refractivity contribution in [2.75, 3.05) is 18.5 Å². The largest absolute Gasteiger partial charge is 0.486 e. The Bertz CT molecular complexity index is 981. The Morgan fingerprint density at radius 1 is 1.04 bits per heavy atom. The Morgan fingerprint density at radius 2 is 1.85 bits per heavy atom. The van der Waals surface area contributed by atoms with E-state index in [1.165, 1.54) is 11.3 Å². The van der Waals surface area contributed by atoms with Crippen molar-refractivity contribution in [3.05, 3.63) is 58.5 Å². The number of rotatable bonds is 3. The molecule has 0 saturated heterocycles. The minimum atomic E-state index is -0.156. The van der Waals surface area contributed by atoms with Gasteiger partial charge < -0.3 is 9.47 Å². The van der Waals surface area contributed by atoms with E-state index < -0.39 is 0 Å². The smallest absolute Gasteiger partial charge is 0.257 e. The van der Waals surface area contributed by atoms with Crippen LogP contribution in [0.3, 0.4) is 0 Å². The molecule has 2 aromatic carbocycles. The van der Waals surface area contributed by atoms with Crippen LogP contribution in [0, 0.1) is 13.8 Å². The minimum Gasteiger partial charge on any atom is -0.486 e. The van der Waals surface area contributed by atoms with Gasteiger partial charge in [-0.2, -0.15) is 0 Å². The second-order valence-electron chi connectivity index (χ2n) is 6.15. The predicted molar refractivity (Wildman–Crippen MR) is 102 cm³/mol. The molecular weight excluding hydrogens is 348 g/mol. The van der Waals surface area contributed by atoms with E-state index in [4.69, 9.17) is 9.47 Å². The monoisotopic (exact) mass is 366 g/mol. The van der Waals surface area contributed by atoms with Crippen molar-refractivity contribution in [2.45, 2.75) is 13.8 Å². The summed E-state index contributed by atoms with van der Waals surface area (Å²) in [5, 5.41) is 5.36. The quantitative estimate of drug-likeness (QED) is 0.744. The van der Waals surface area contributed by atoms with Crippen molar-refractivity contribution in [2.24, 2.45) is 0 Å². The summed E-state index contributed by atoms with van der Waals surface area (Å²) in [6.45, 7) is 5.13. The van der Waals surface area contributed by atoms with Crippen LogP contribution in [0.5, 0.6) is 11.5 Å². The standard InChI is InChI=1S/C20H18N2O3S/c1-12-3-4-15(9-13(12)2)19(23)22-20-21-16(11-26-20)14-5-6-17-18(10-14)25-8-7-24-17/h3-6,9-11H,7-8H2,1-2H3,(H,21,22,23). The number of ether oxygens (including phenoxy) is 2. The lowest BCUT2D eigenvalue weighted by Crippen LogP contribution is -2.15. The zero-order valence-electron chi connectivity index (χ0n) is 14.5. The van der Waals surface area contributed by atoms with Gasteiger partial charge in [0.25, 0.3) is 5.91 Å². The van der Waals surface area contributed by atoms with E-state index in [1.807, 2.05) is 55.6 Å². The Balaban J connectivity index is 1.52. The van der Waals surface area contributed by atoms with Crippen LogP contribution in [0.25, 0.3) is 11.3 Å². The molecule has 0 atom stereocenters. The summed E-state index contributed by atoms with van der Waals surface area (Å²) in [6, 6.07) is 11.4. The molecule has 0 fully saturated rings. The summed E-state index contributed by atoms with van der Waals surface area (Å²) in [7, 11) is 0. The maximum atomic E-state index is 12.4. The summed E-state index contributed by atoms with van der Waals surface area (Å²) in [5.41, 5.74) is 4.61. The third-order valence-electron chi connectivity index (χ3n) is 4.33. The fraction of sp³-hybridized carbons (Fsp3) is 0.200. The molecule has 0 aliphatic carbocycles. The van der Waals surface area contributed by atoms with Gasteiger partial charge in [-0.05, 0) is 55.3 Å². The number of carbonyl (C=O) groups excluding carboxylic acids is 1. The summed E-state index contributed by atoms with van der Waals surface area (Å²) >= 11 is 1.40. The van der Waals surface area contributed by atoms with E-state index >= 15 is 0 Å². The van der Waals surface area contributed by atoms with E-state index in [1.54, 1.807) is 0 Å². The van der Waals surface area contributed by atoms with Gasteiger partial charge in [-0.25, -0.2) is 4.98 Å². The molecule has 3 aromatic rings. The van der Waals surface area contributed by atoms with Crippen LogP contribution < -0.4 is 14.8 Å². The first-order valence-corrected chi connectivity index (χ1v) is 9.22. The number of carbonyl (C=O) groups is 1.